The number of likely N-dealkylation sites (tertiary alicyclic amines) is 1. The molecule has 0 radical (unpaired) electrons. The molecular formula is C27H29FN4O3. The fourth-order valence-corrected chi connectivity index (χ4v) is 5.51. The Bertz CT molecular complexity index is 1300. The van der Waals surface area contributed by atoms with E-state index >= 15 is 4.39 Å². The number of carbonyl (C=O) groups is 2. The summed E-state index contributed by atoms with van der Waals surface area (Å²) in [5.74, 6) is -1.75. The van der Waals surface area contributed by atoms with Gasteiger partial charge >= 0.3 is 0 Å². The van der Waals surface area contributed by atoms with E-state index in [0.717, 1.165) is 12.1 Å². The minimum Gasteiger partial charge on any atom is -0.384 e. The number of carbonyl (C=O) groups excluding carboxylic acids is 2. The van der Waals surface area contributed by atoms with Crippen LogP contribution >= 0.6 is 0 Å². The van der Waals surface area contributed by atoms with Gasteiger partial charge in [0, 0.05) is 61.0 Å². The van der Waals surface area contributed by atoms with Crippen molar-refractivity contribution in [3.05, 3.63) is 71.4 Å². The van der Waals surface area contributed by atoms with Crippen molar-refractivity contribution in [2.75, 3.05) is 13.1 Å². The highest BCUT2D eigenvalue weighted by Gasteiger charge is 2.50. The molecule has 2 saturated heterocycles. The van der Waals surface area contributed by atoms with Crippen molar-refractivity contribution in [3.8, 4) is 0 Å². The second kappa shape index (κ2) is 8.77. The molecule has 1 aromatic carbocycles. The number of imide groups is 1. The zero-order valence-electron chi connectivity index (χ0n) is 19.9. The Kier molecular flexibility index (Phi) is 5.89. The van der Waals surface area contributed by atoms with Crippen molar-refractivity contribution in [3.63, 3.8) is 0 Å². The van der Waals surface area contributed by atoms with E-state index in [0.29, 0.717) is 37.0 Å². The molecule has 0 spiro atoms. The number of benzene rings is 1. The van der Waals surface area contributed by atoms with E-state index in [1.54, 1.807) is 36.8 Å². The third kappa shape index (κ3) is 4.21. The van der Waals surface area contributed by atoms with Gasteiger partial charge in [0.2, 0.25) is 11.8 Å². The number of aliphatic hydroxyl groups is 1. The van der Waals surface area contributed by atoms with Crippen LogP contribution in [0.25, 0.3) is 10.9 Å². The number of rotatable bonds is 4. The number of hydrogen-bond donors (Lipinski definition) is 2. The lowest BCUT2D eigenvalue weighted by Gasteiger charge is -2.50. The zero-order valence-corrected chi connectivity index (χ0v) is 19.9. The van der Waals surface area contributed by atoms with Crippen molar-refractivity contribution in [1.82, 2.24) is 20.2 Å². The smallest absolute Gasteiger partial charge is 0.234 e. The van der Waals surface area contributed by atoms with Gasteiger partial charge in [-0.15, -0.1) is 0 Å². The second-order valence-corrected chi connectivity index (χ2v) is 10.3. The van der Waals surface area contributed by atoms with Crippen molar-refractivity contribution < 1.29 is 19.1 Å². The SMILES string of the molecule is CC1(C)CN(Cc2ccncc2)CCC1(O)c1ccc2ncc(C3CCC(=O)NC3=O)cc2c1F. The standard InChI is InChI=1S/C27H29FN4O3/c1-26(2)16-32(15-17-7-10-29-11-8-17)12-9-27(26,35)21-4-5-22-20(24(21)28)13-18(14-30-22)19-3-6-23(33)31-25(19)34/h4-5,7-8,10-11,13-14,19,35H,3,6,9,12,15-16H2,1-2H3,(H,31,33,34). The monoisotopic (exact) mass is 476 g/mol. The normalized spacial score (nSPS) is 25.0. The highest BCUT2D eigenvalue weighted by atomic mass is 19.1. The Morgan fingerprint density at radius 1 is 1.20 bits per heavy atom. The summed E-state index contributed by atoms with van der Waals surface area (Å²) in [6.45, 7) is 5.88. The average molecular weight is 477 g/mol. The van der Waals surface area contributed by atoms with Crippen LogP contribution in [0.5, 0.6) is 0 Å². The van der Waals surface area contributed by atoms with Crippen LogP contribution < -0.4 is 5.32 Å². The molecule has 2 amide bonds. The third-order valence-electron chi connectivity index (χ3n) is 7.59. The number of piperidine rings is 2. The Labute approximate surface area is 203 Å². The van der Waals surface area contributed by atoms with Gasteiger partial charge in [-0.1, -0.05) is 19.9 Å². The van der Waals surface area contributed by atoms with E-state index in [1.807, 2.05) is 26.0 Å². The van der Waals surface area contributed by atoms with E-state index in [-0.39, 0.29) is 29.2 Å². The molecule has 0 saturated carbocycles. The van der Waals surface area contributed by atoms with Gasteiger partial charge in [-0.3, -0.25) is 29.8 Å². The van der Waals surface area contributed by atoms with Gasteiger partial charge in [-0.25, -0.2) is 4.39 Å². The number of amides is 2. The van der Waals surface area contributed by atoms with Crippen molar-refractivity contribution in [2.24, 2.45) is 5.41 Å². The van der Waals surface area contributed by atoms with Crippen LogP contribution in [-0.2, 0) is 21.7 Å². The molecule has 35 heavy (non-hydrogen) atoms. The molecule has 0 bridgehead atoms. The molecule has 7 nitrogen and oxygen atoms in total. The maximum Gasteiger partial charge on any atom is 0.234 e. The summed E-state index contributed by atoms with van der Waals surface area (Å²) in [5.41, 5.74) is 0.424. The highest BCUT2D eigenvalue weighted by molar-refractivity contribution is 6.01. The Morgan fingerprint density at radius 3 is 2.69 bits per heavy atom. The fourth-order valence-electron chi connectivity index (χ4n) is 5.51. The van der Waals surface area contributed by atoms with Crippen LogP contribution in [-0.4, -0.2) is 44.9 Å². The summed E-state index contributed by atoms with van der Waals surface area (Å²) in [4.78, 5) is 34.6. The molecule has 182 valence electrons. The van der Waals surface area contributed by atoms with E-state index in [9.17, 15) is 14.7 Å². The molecule has 2 aliphatic heterocycles. The number of fused-ring (bicyclic) bond motifs is 1. The minimum absolute atomic E-state index is 0.237. The Balaban J connectivity index is 1.46. The minimum atomic E-state index is -1.37. The first-order chi connectivity index (χ1) is 16.7. The molecule has 2 aromatic heterocycles. The summed E-state index contributed by atoms with van der Waals surface area (Å²) < 4.78 is 16.0. The topological polar surface area (TPSA) is 95.4 Å². The van der Waals surface area contributed by atoms with Crippen molar-refractivity contribution >= 4 is 22.7 Å². The zero-order chi connectivity index (χ0) is 24.8. The molecule has 2 aliphatic rings. The van der Waals surface area contributed by atoms with Crippen LogP contribution in [0.15, 0.2) is 48.9 Å². The van der Waals surface area contributed by atoms with Gasteiger partial charge in [0.25, 0.3) is 0 Å². The molecule has 5 rings (SSSR count). The maximum atomic E-state index is 16.0. The number of pyridine rings is 2. The summed E-state index contributed by atoms with van der Waals surface area (Å²) in [5, 5.41) is 14.5. The van der Waals surface area contributed by atoms with Gasteiger partial charge in [-0.2, -0.15) is 0 Å². The molecule has 2 unspecified atom stereocenters. The lowest BCUT2D eigenvalue weighted by molar-refractivity contribution is -0.134. The second-order valence-electron chi connectivity index (χ2n) is 10.3. The number of nitrogens with one attached hydrogen (secondary N) is 1. The molecule has 8 heteroatoms. The molecule has 3 aromatic rings. The van der Waals surface area contributed by atoms with Gasteiger partial charge < -0.3 is 5.11 Å². The number of nitrogens with zero attached hydrogens (tertiary/aromatic N) is 3. The molecule has 2 atom stereocenters. The fraction of sp³-hybridized carbons (Fsp3) is 0.407. The molecule has 0 aliphatic carbocycles. The summed E-state index contributed by atoms with van der Waals surface area (Å²) in [6, 6.07) is 8.94. The van der Waals surface area contributed by atoms with E-state index in [4.69, 9.17) is 0 Å². The van der Waals surface area contributed by atoms with E-state index in [1.165, 1.54) is 0 Å². The van der Waals surface area contributed by atoms with Crippen LogP contribution in [0.4, 0.5) is 4.39 Å². The first-order valence-corrected chi connectivity index (χ1v) is 11.9. The van der Waals surface area contributed by atoms with Gasteiger partial charge in [0.15, 0.2) is 0 Å². The molecule has 2 fully saturated rings. The maximum absolute atomic E-state index is 16.0. The molecule has 4 heterocycles. The highest BCUT2D eigenvalue weighted by Crippen LogP contribution is 2.48. The Morgan fingerprint density at radius 2 is 1.97 bits per heavy atom. The number of hydrogen-bond acceptors (Lipinski definition) is 6. The van der Waals surface area contributed by atoms with E-state index in [2.05, 4.69) is 20.2 Å². The lowest BCUT2D eigenvalue weighted by Crippen LogP contribution is -2.55. The van der Waals surface area contributed by atoms with Crippen LogP contribution in [0.3, 0.4) is 0 Å². The third-order valence-corrected chi connectivity index (χ3v) is 7.59. The molecule has 2 N–H and O–H groups in total. The largest absolute Gasteiger partial charge is 0.384 e. The Hall–Kier alpha value is -3.23. The average Bonchev–Trinajstić information content (AvgIpc) is 2.82. The van der Waals surface area contributed by atoms with E-state index < -0.39 is 22.8 Å². The van der Waals surface area contributed by atoms with Gasteiger partial charge in [-0.05, 0) is 48.2 Å². The quantitative estimate of drug-likeness (QED) is 0.561. The number of halogens is 1. The summed E-state index contributed by atoms with van der Waals surface area (Å²) in [7, 11) is 0. The van der Waals surface area contributed by atoms with Crippen LogP contribution in [0.2, 0.25) is 0 Å². The number of aromatic nitrogens is 2. The summed E-state index contributed by atoms with van der Waals surface area (Å²) in [6.07, 6.45) is 6.08. The lowest BCUT2D eigenvalue weighted by atomic mass is 9.66. The first-order valence-electron chi connectivity index (χ1n) is 11.9. The molecular weight excluding hydrogens is 447 g/mol. The van der Waals surface area contributed by atoms with Gasteiger partial charge in [0.1, 0.15) is 5.82 Å². The first kappa shape index (κ1) is 23.5. The van der Waals surface area contributed by atoms with Crippen LogP contribution in [0.1, 0.15) is 55.7 Å². The van der Waals surface area contributed by atoms with Gasteiger partial charge in [0.05, 0.1) is 17.0 Å². The predicted molar refractivity (Wildman–Crippen MR) is 129 cm³/mol. The predicted octanol–water partition coefficient (Wildman–Crippen LogP) is 3.41. The summed E-state index contributed by atoms with van der Waals surface area (Å²) >= 11 is 0. The van der Waals surface area contributed by atoms with Crippen molar-refractivity contribution in [2.45, 2.75) is 51.2 Å². The van der Waals surface area contributed by atoms with Crippen LogP contribution in [0, 0.1) is 11.2 Å². The van der Waals surface area contributed by atoms with Crippen molar-refractivity contribution in [1.29, 1.82) is 0 Å².